The van der Waals surface area contributed by atoms with Crippen molar-refractivity contribution in [3.05, 3.63) is 35.4 Å². The van der Waals surface area contributed by atoms with Crippen LogP contribution >= 0.6 is 24.0 Å². The van der Waals surface area contributed by atoms with E-state index in [1.165, 1.54) is 17.0 Å². The van der Waals surface area contributed by atoms with E-state index in [-0.39, 0.29) is 29.9 Å². The van der Waals surface area contributed by atoms with Gasteiger partial charge in [0.1, 0.15) is 0 Å². The SMILES string of the molecule is CN=C(NCCC(=O)N(C)C)NCc1ccc(C(F)(F)F)cc1.I. The molecule has 1 amide bonds. The third-order valence-corrected chi connectivity index (χ3v) is 3.09. The van der Waals surface area contributed by atoms with Gasteiger partial charge in [0.2, 0.25) is 5.91 Å². The number of carbonyl (C=O) groups excluding carboxylic acids is 1. The van der Waals surface area contributed by atoms with Crippen LogP contribution in [0.3, 0.4) is 0 Å². The minimum atomic E-state index is -4.33. The maximum absolute atomic E-state index is 12.5. The smallest absolute Gasteiger partial charge is 0.356 e. The molecule has 0 bridgehead atoms. The standard InChI is InChI=1S/C15H21F3N4O.HI/c1-19-14(20-9-8-13(23)22(2)3)21-10-11-4-6-12(7-5-11)15(16,17)18;/h4-7H,8-10H2,1-3H3,(H2,19,20,21);1H. The van der Waals surface area contributed by atoms with Gasteiger partial charge >= 0.3 is 6.18 Å². The summed E-state index contributed by atoms with van der Waals surface area (Å²) in [6.07, 6.45) is -4.00. The summed E-state index contributed by atoms with van der Waals surface area (Å²) in [6, 6.07) is 4.92. The molecule has 0 saturated carbocycles. The molecule has 1 aromatic carbocycles. The highest BCUT2D eigenvalue weighted by atomic mass is 127. The number of hydrogen-bond donors (Lipinski definition) is 2. The van der Waals surface area contributed by atoms with Crippen molar-refractivity contribution in [1.29, 1.82) is 0 Å². The average molecular weight is 458 g/mol. The van der Waals surface area contributed by atoms with Crippen LogP contribution in [0.1, 0.15) is 17.5 Å². The molecule has 0 aliphatic rings. The fraction of sp³-hybridized carbons (Fsp3) is 0.467. The van der Waals surface area contributed by atoms with Gasteiger partial charge in [-0.05, 0) is 17.7 Å². The summed E-state index contributed by atoms with van der Waals surface area (Å²) in [5, 5.41) is 5.95. The highest BCUT2D eigenvalue weighted by Crippen LogP contribution is 2.28. The molecule has 2 N–H and O–H groups in total. The molecule has 1 aromatic rings. The summed E-state index contributed by atoms with van der Waals surface area (Å²) in [5.74, 6) is 0.479. The zero-order valence-corrected chi connectivity index (χ0v) is 16.1. The van der Waals surface area contributed by atoms with Crippen LogP contribution in [0.25, 0.3) is 0 Å². The number of hydrogen-bond acceptors (Lipinski definition) is 2. The van der Waals surface area contributed by atoms with Crippen LogP contribution in [-0.4, -0.2) is 44.5 Å². The normalized spacial score (nSPS) is 11.5. The van der Waals surface area contributed by atoms with E-state index in [0.717, 1.165) is 12.1 Å². The third kappa shape index (κ3) is 7.84. The predicted molar refractivity (Wildman–Crippen MR) is 98.4 cm³/mol. The minimum Gasteiger partial charge on any atom is -0.356 e. The number of benzene rings is 1. The molecule has 0 heterocycles. The second-order valence-corrected chi connectivity index (χ2v) is 5.09. The van der Waals surface area contributed by atoms with Gasteiger partial charge in [0.05, 0.1) is 5.56 Å². The summed E-state index contributed by atoms with van der Waals surface area (Å²) >= 11 is 0. The number of alkyl halides is 3. The van der Waals surface area contributed by atoms with Crippen LogP contribution in [0.5, 0.6) is 0 Å². The Morgan fingerprint density at radius 3 is 2.21 bits per heavy atom. The summed E-state index contributed by atoms with van der Waals surface area (Å²) < 4.78 is 37.4. The Kier molecular flexibility index (Phi) is 9.71. The van der Waals surface area contributed by atoms with E-state index in [1.807, 2.05) is 0 Å². The minimum absolute atomic E-state index is 0. The van der Waals surface area contributed by atoms with E-state index in [2.05, 4.69) is 15.6 Å². The molecule has 0 radical (unpaired) electrons. The van der Waals surface area contributed by atoms with E-state index in [1.54, 1.807) is 21.1 Å². The van der Waals surface area contributed by atoms with Crippen molar-refractivity contribution < 1.29 is 18.0 Å². The lowest BCUT2D eigenvalue weighted by Gasteiger charge is -2.14. The molecular formula is C15H22F3IN4O. The Labute approximate surface area is 156 Å². The highest BCUT2D eigenvalue weighted by molar-refractivity contribution is 14.0. The van der Waals surface area contributed by atoms with Crippen molar-refractivity contribution in [2.24, 2.45) is 4.99 Å². The van der Waals surface area contributed by atoms with Crippen LogP contribution in [0.15, 0.2) is 29.3 Å². The summed E-state index contributed by atoms with van der Waals surface area (Å²) in [4.78, 5) is 16.9. The first-order valence-electron chi connectivity index (χ1n) is 7.05. The molecule has 0 atom stereocenters. The van der Waals surface area contributed by atoms with Gasteiger partial charge in [-0.25, -0.2) is 0 Å². The monoisotopic (exact) mass is 458 g/mol. The molecule has 5 nitrogen and oxygen atoms in total. The first kappa shape index (κ1) is 22.5. The molecule has 24 heavy (non-hydrogen) atoms. The van der Waals surface area contributed by atoms with E-state index >= 15 is 0 Å². The van der Waals surface area contributed by atoms with Crippen LogP contribution in [-0.2, 0) is 17.5 Å². The number of carbonyl (C=O) groups is 1. The summed E-state index contributed by atoms with van der Waals surface area (Å²) in [6.45, 7) is 0.753. The van der Waals surface area contributed by atoms with E-state index in [9.17, 15) is 18.0 Å². The summed E-state index contributed by atoms with van der Waals surface area (Å²) in [7, 11) is 4.94. The molecule has 0 fully saturated rings. The lowest BCUT2D eigenvalue weighted by atomic mass is 10.1. The van der Waals surface area contributed by atoms with E-state index in [4.69, 9.17) is 0 Å². The Bertz CT molecular complexity index is 545. The molecule has 0 aliphatic carbocycles. The highest BCUT2D eigenvalue weighted by Gasteiger charge is 2.29. The molecule has 0 saturated heterocycles. The fourth-order valence-electron chi connectivity index (χ4n) is 1.73. The number of amides is 1. The Balaban J connectivity index is 0.00000529. The van der Waals surface area contributed by atoms with Crippen LogP contribution in [0.2, 0.25) is 0 Å². The number of nitrogens with zero attached hydrogens (tertiary/aromatic N) is 2. The van der Waals surface area contributed by atoms with Crippen molar-refractivity contribution in [2.45, 2.75) is 19.1 Å². The molecule has 0 aliphatic heterocycles. The second-order valence-electron chi connectivity index (χ2n) is 5.09. The van der Waals surface area contributed by atoms with Crippen molar-refractivity contribution in [3.8, 4) is 0 Å². The van der Waals surface area contributed by atoms with E-state index in [0.29, 0.717) is 31.0 Å². The largest absolute Gasteiger partial charge is 0.416 e. The van der Waals surface area contributed by atoms with Gasteiger partial charge in [0.25, 0.3) is 0 Å². The first-order valence-corrected chi connectivity index (χ1v) is 7.05. The van der Waals surface area contributed by atoms with Gasteiger partial charge in [-0.1, -0.05) is 12.1 Å². The molecule has 1 rings (SSSR count). The van der Waals surface area contributed by atoms with Gasteiger partial charge in [-0.3, -0.25) is 9.79 Å². The maximum atomic E-state index is 12.5. The topological polar surface area (TPSA) is 56.7 Å². The van der Waals surface area contributed by atoms with Gasteiger partial charge in [0.15, 0.2) is 5.96 Å². The van der Waals surface area contributed by atoms with Gasteiger partial charge in [-0.2, -0.15) is 13.2 Å². The van der Waals surface area contributed by atoms with Gasteiger partial charge in [-0.15, -0.1) is 24.0 Å². The number of halogens is 4. The number of rotatable bonds is 5. The predicted octanol–water partition coefficient (Wildman–Crippen LogP) is 2.47. The van der Waals surface area contributed by atoms with Crippen molar-refractivity contribution in [1.82, 2.24) is 15.5 Å². The lowest BCUT2D eigenvalue weighted by molar-refractivity contribution is -0.137. The molecule has 0 aromatic heterocycles. The van der Waals surface area contributed by atoms with Crippen LogP contribution in [0.4, 0.5) is 13.2 Å². The van der Waals surface area contributed by atoms with Crippen LogP contribution in [0, 0.1) is 0 Å². The summed E-state index contributed by atoms with van der Waals surface area (Å²) in [5.41, 5.74) is 0.0243. The van der Waals surface area contributed by atoms with E-state index < -0.39 is 11.7 Å². The van der Waals surface area contributed by atoms with Crippen LogP contribution < -0.4 is 10.6 Å². The Hall–Kier alpha value is -1.52. The lowest BCUT2D eigenvalue weighted by Crippen LogP contribution is -2.38. The fourth-order valence-corrected chi connectivity index (χ4v) is 1.73. The molecule has 0 unspecified atom stereocenters. The third-order valence-electron chi connectivity index (χ3n) is 3.09. The maximum Gasteiger partial charge on any atom is 0.416 e. The quantitative estimate of drug-likeness (QED) is 0.405. The average Bonchev–Trinajstić information content (AvgIpc) is 2.49. The molecule has 136 valence electrons. The van der Waals surface area contributed by atoms with Crippen molar-refractivity contribution in [3.63, 3.8) is 0 Å². The van der Waals surface area contributed by atoms with Crippen molar-refractivity contribution >= 4 is 35.8 Å². The Morgan fingerprint density at radius 2 is 1.75 bits per heavy atom. The molecular weight excluding hydrogens is 436 g/mol. The number of guanidine groups is 1. The van der Waals surface area contributed by atoms with Gasteiger partial charge < -0.3 is 15.5 Å². The molecule has 0 spiro atoms. The van der Waals surface area contributed by atoms with Crippen molar-refractivity contribution in [2.75, 3.05) is 27.7 Å². The Morgan fingerprint density at radius 1 is 1.17 bits per heavy atom. The zero-order chi connectivity index (χ0) is 17.5. The zero-order valence-electron chi connectivity index (χ0n) is 13.8. The molecule has 9 heteroatoms. The first-order chi connectivity index (χ1) is 10.7. The number of nitrogens with one attached hydrogen (secondary N) is 2. The second kappa shape index (κ2) is 10.4. The van der Waals surface area contributed by atoms with Gasteiger partial charge in [0, 0.05) is 40.7 Å². The number of aliphatic imine (C=N–C) groups is 1.